The lowest BCUT2D eigenvalue weighted by Gasteiger charge is -2.10. The summed E-state index contributed by atoms with van der Waals surface area (Å²) in [5, 5.41) is 0. The normalized spacial score (nSPS) is 17.4. The van der Waals surface area contributed by atoms with E-state index >= 15 is 0 Å². The maximum atomic E-state index is 11.0. The number of hydrogen-bond acceptors (Lipinski definition) is 2. The van der Waals surface area contributed by atoms with E-state index in [1.165, 1.54) is 0 Å². The van der Waals surface area contributed by atoms with Crippen LogP contribution in [0.2, 0.25) is 0 Å². The molecule has 0 aromatic carbocycles. The lowest BCUT2D eigenvalue weighted by Crippen LogP contribution is -2.03. The van der Waals surface area contributed by atoms with E-state index in [4.69, 9.17) is 0 Å². The Bertz CT molecular complexity index is 226. The molecule has 0 saturated carbocycles. The molecule has 0 amide bonds. The van der Waals surface area contributed by atoms with E-state index in [0.29, 0.717) is 12.8 Å². The molecular weight excluding hydrogens is 152 g/mol. The first-order chi connectivity index (χ1) is 5.68. The number of carbonyl (C=O) groups is 2. The number of carbonyl (C=O) groups excluding carboxylic acids is 2. The number of ketones is 2. The summed E-state index contributed by atoms with van der Waals surface area (Å²) < 4.78 is 0. The van der Waals surface area contributed by atoms with E-state index in [1.54, 1.807) is 13.0 Å². The molecule has 1 aliphatic carbocycles. The molecule has 0 bridgehead atoms. The van der Waals surface area contributed by atoms with Crippen LogP contribution in [0.15, 0.2) is 11.6 Å². The fourth-order valence-corrected chi connectivity index (χ4v) is 1.40. The quantitative estimate of drug-likeness (QED) is 0.643. The predicted molar refractivity (Wildman–Crippen MR) is 46.9 cm³/mol. The Morgan fingerprint density at radius 2 is 2.25 bits per heavy atom. The van der Waals surface area contributed by atoms with E-state index in [-0.39, 0.29) is 11.6 Å². The zero-order valence-corrected chi connectivity index (χ0v) is 7.43. The van der Waals surface area contributed by atoms with Crippen LogP contribution >= 0.6 is 0 Å². The van der Waals surface area contributed by atoms with Crippen LogP contribution in [0.5, 0.6) is 0 Å². The van der Waals surface area contributed by atoms with Gasteiger partial charge in [0.15, 0.2) is 5.78 Å². The predicted octanol–water partition coefficient (Wildman–Crippen LogP) is 2.04. The van der Waals surface area contributed by atoms with Gasteiger partial charge >= 0.3 is 0 Å². The monoisotopic (exact) mass is 166 g/mol. The molecule has 0 radical (unpaired) electrons. The van der Waals surface area contributed by atoms with Gasteiger partial charge in [0, 0.05) is 12.8 Å². The fourth-order valence-electron chi connectivity index (χ4n) is 1.40. The van der Waals surface area contributed by atoms with Crippen molar-refractivity contribution in [2.45, 2.75) is 39.0 Å². The minimum Gasteiger partial charge on any atom is -0.300 e. The Labute approximate surface area is 72.7 Å². The molecule has 2 heteroatoms. The third-order valence-electron chi connectivity index (χ3n) is 2.08. The maximum Gasteiger partial charge on any atom is 0.155 e. The third-order valence-corrected chi connectivity index (χ3v) is 2.08. The molecule has 0 heterocycles. The van der Waals surface area contributed by atoms with Crippen molar-refractivity contribution >= 4 is 11.6 Å². The smallest absolute Gasteiger partial charge is 0.155 e. The molecule has 12 heavy (non-hydrogen) atoms. The maximum absolute atomic E-state index is 11.0. The van der Waals surface area contributed by atoms with Crippen molar-refractivity contribution in [2.75, 3.05) is 0 Å². The second kappa shape index (κ2) is 4.19. The van der Waals surface area contributed by atoms with Gasteiger partial charge in [0.1, 0.15) is 5.78 Å². The molecule has 0 spiro atoms. The van der Waals surface area contributed by atoms with Crippen LogP contribution in [-0.4, -0.2) is 11.6 Å². The minimum atomic E-state index is 0.203. The highest BCUT2D eigenvalue weighted by Crippen LogP contribution is 2.19. The first-order valence-corrected chi connectivity index (χ1v) is 4.40. The SMILES string of the molecule is CC(=O)CCC1=CC(=O)CCC1. The molecule has 0 N–H and O–H groups in total. The highest BCUT2D eigenvalue weighted by atomic mass is 16.1. The van der Waals surface area contributed by atoms with Crippen molar-refractivity contribution in [3.63, 3.8) is 0 Å². The largest absolute Gasteiger partial charge is 0.300 e. The summed E-state index contributed by atoms with van der Waals surface area (Å²) in [6.07, 6.45) is 5.72. The van der Waals surface area contributed by atoms with Crippen molar-refractivity contribution in [1.29, 1.82) is 0 Å². The standard InChI is InChI=1S/C10H14O2/c1-8(11)5-6-9-3-2-4-10(12)7-9/h7H,2-6H2,1H3. The van der Waals surface area contributed by atoms with Crippen LogP contribution in [0, 0.1) is 0 Å². The van der Waals surface area contributed by atoms with Gasteiger partial charge in [0.2, 0.25) is 0 Å². The van der Waals surface area contributed by atoms with Crippen molar-refractivity contribution < 1.29 is 9.59 Å². The lowest BCUT2D eigenvalue weighted by molar-refractivity contribution is -0.117. The van der Waals surface area contributed by atoms with Crippen LogP contribution in [0.25, 0.3) is 0 Å². The molecule has 0 aromatic rings. The van der Waals surface area contributed by atoms with Crippen molar-refractivity contribution in [1.82, 2.24) is 0 Å². The topological polar surface area (TPSA) is 34.1 Å². The summed E-state index contributed by atoms with van der Waals surface area (Å²) in [7, 11) is 0. The average Bonchev–Trinajstić information content (AvgIpc) is 2.01. The molecule has 0 atom stereocenters. The van der Waals surface area contributed by atoms with Gasteiger partial charge in [-0.05, 0) is 32.3 Å². The molecule has 66 valence electrons. The van der Waals surface area contributed by atoms with Gasteiger partial charge in [0.05, 0.1) is 0 Å². The Morgan fingerprint density at radius 1 is 1.50 bits per heavy atom. The van der Waals surface area contributed by atoms with Crippen LogP contribution in [0.3, 0.4) is 0 Å². The van der Waals surface area contributed by atoms with Gasteiger partial charge in [-0.3, -0.25) is 4.79 Å². The second-order valence-electron chi connectivity index (χ2n) is 3.32. The second-order valence-corrected chi connectivity index (χ2v) is 3.32. The van der Waals surface area contributed by atoms with Crippen LogP contribution in [-0.2, 0) is 9.59 Å². The Kier molecular flexibility index (Phi) is 3.20. The lowest BCUT2D eigenvalue weighted by atomic mass is 9.95. The van der Waals surface area contributed by atoms with E-state index in [9.17, 15) is 9.59 Å². The van der Waals surface area contributed by atoms with E-state index in [0.717, 1.165) is 24.8 Å². The highest BCUT2D eigenvalue weighted by Gasteiger charge is 2.09. The van der Waals surface area contributed by atoms with Gasteiger partial charge in [-0.1, -0.05) is 5.57 Å². The van der Waals surface area contributed by atoms with Gasteiger partial charge < -0.3 is 4.79 Å². The molecule has 0 fully saturated rings. The Morgan fingerprint density at radius 3 is 2.83 bits per heavy atom. The van der Waals surface area contributed by atoms with Crippen molar-refractivity contribution in [3.8, 4) is 0 Å². The molecule has 0 aromatic heterocycles. The van der Waals surface area contributed by atoms with Crippen molar-refractivity contribution in [2.24, 2.45) is 0 Å². The molecule has 0 unspecified atom stereocenters. The van der Waals surface area contributed by atoms with Crippen LogP contribution < -0.4 is 0 Å². The Balaban J connectivity index is 2.40. The third kappa shape index (κ3) is 2.99. The molecule has 1 aliphatic rings. The fraction of sp³-hybridized carbons (Fsp3) is 0.600. The summed E-state index contributed by atoms with van der Waals surface area (Å²) in [5.74, 6) is 0.425. The van der Waals surface area contributed by atoms with Gasteiger partial charge in [-0.25, -0.2) is 0 Å². The van der Waals surface area contributed by atoms with Crippen LogP contribution in [0.1, 0.15) is 39.0 Å². The summed E-state index contributed by atoms with van der Waals surface area (Å²) in [6.45, 7) is 1.59. The first-order valence-electron chi connectivity index (χ1n) is 4.40. The molecule has 0 saturated heterocycles. The van der Waals surface area contributed by atoms with Crippen LogP contribution in [0.4, 0.5) is 0 Å². The zero-order valence-electron chi connectivity index (χ0n) is 7.43. The minimum absolute atomic E-state index is 0.203. The molecular formula is C10H14O2. The summed E-state index contributed by atoms with van der Waals surface area (Å²) >= 11 is 0. The van der Waals surface area contributed by atoms with Gasteiger partial charge in [0.25, 0.3) is 0 Å². The first kappa shape index (κ1) is 9.17. The highest BCUT2D eigenvalue weighted by molar-refractivity contribution is 5.91. The van der Waals surface area contributed by atoms with E-state index < -0.39 is 0 Å². The number of Topliss-reactive ketones (excluding diaryl/α,β-unsaturated/α-hetero) is 1. The molecule has 0 aliphatic heterocycles. The van der Waals surface area contributed by atoms with Gasteiger partial charge in [-0.2, -0.15) is 0 Å². The van der Waals surface area contributed by atoms with E-state index in [1.807, 2.05) is 0 Å². The number of allylic oxidation sites excluding steroid dienone is 2. The summed E-state index contributed by atoms with van der Waals surface area (Å²) in [5.41, 5.74) is 1.15. The molecule has 2 nitrogen and oxygen atoms in total. The zero-order chi connectivity index (χ0) is 8.97. The average molecular weight is 166 g/mol. The van der Waals surface area contributed by atoms with Gasteiger partial charge in [-0.15, -0.1) is 0 Å². The Hall–Kier alpha value is -0.920. The summed E-state index contributed by atoms with van der Waals surface area (Å²) in [6, 6.07) is 0. The number of rotatable bonds is 3. The molecule has 1 rings (SSSR count). The summed E-state index contributed by atoms with van der Waals surface area (Å²) in [4.78, 5) is 21.6. The van der Waals surface area contributed by atoms with Crippen molar-refractivity contribution in [3.05, 3.63) is 11.6 Å². The van der Waals surface area contributed by atoms with E-state index in [2.05, 4.69) is 0 Å². The number of hydrogen-bond donors (Lipinski definition) is 0.